The van der Waals surface area contributed by atoms with Gasteiger partial charge in [0.2, 0.25) is 0 Å². The van der Waals surface area contributed by atoms with E-state index in [1.54, 1.807) is 6.92 Å². The molecule has 0 radical (unpaired) electrons. The normalized spacial score (nSPS) is 12.4. The summed E-state index contributed by atoms with van der Waals surface area (Å²) < 4.78 is 41.5. The summed E-state index contributed by atoms with van der Waals surface area (Å²) in [7, 11) is 1.24. The zero-order valence-electron chi connectivity index (χ0n) is 9.41. The highest BCUT2D eigenvalue weighted by atomic mass is 19.4. The zero-order chi connectivity index (χ0) is 13.1. The lowest BCUT2D eigenvalue weighted by molar-refractivity contribution is -0.134. The number of carbonyl (C=O) groups excluding carboxylic acids is 1. The quantitative estimate of drug-likeness (QED) is 0.462. The average molecular weight is 243 g/mol. The van der Waals surface area contributed by atoms with Crippen LogP contribution >= 0.6 is 0 Å². The van der Waals surface area contributed by atoms with Gasteiger partial charge in [-0.25, -0.2) is 4.79 Å². The molecule has 0 spiro atoms. The fourth-order valence-corrected chi connectivity index (χ4v) is 1.28. The summed E-state index contributed by atoms with van der Waals surface area (Å²) in [6.45, 7) is -3.35. The predicted octanol–water partition coefficient (Wildman–Crippen LogP) is 2.32. The van der Waals surface area contributed by atoms with Gasteiger partial charge in [-0.1, -0.05) is 24.3 Å². The second-order valence-electron chi connectivity index (χ2n) is 3.55. The number of hydrogen-bond donors (Lipinski definition) is 0. The van der Waals surface area contributed by atoms with Gasteiger partial charge in [0.1, 0.15) is 0 Å². The minimum Gasteiger partial charge on any atom is -0.466 e. The maximum atomic E-state index is 12.4. The number of methoxy groups -OCH3 is 1. The predicted molar refractivity (Wildman–Crippen MR) is 60.8 cm³/mol. The molecule has 6 heteroatoms. The third-order valence-electron chi connectivity index (χ3n) is 2.28. The van der Waals surface area contributed by atoms with E-state index in [4.69, 9.17) is 0 Å². The summed E-state index contributed by atoms with van der Waals surface area (Å²) in [6.07, 6.45) is 1.23. The largest absolute Gasteiger partial charge is 0.509 e. The number of allylic oxidation sites excluding steroid dienone is 1. The molecule has 0 N–H and O–H groups in total. The second kappa shape index (κ2) is 5.08. The molecular formula is C11H11BF3O2-. The Morgan fingerprint density at radius 3 is 2.18 bits per heavy atom. The van der Waals surface area contributed by atoms with Crippen molar-refractivity contribution in [2.24, 2.45) is 0 Å². The maximum absolute atomic E-state index is 12.4. The van der Waals surface area contributed by atoms with Gasteiger partial charge in [0.25, 0.3) is 0 Å². The van der Waals surface area contributed by atoms with Crippen LogP contribution < -0.4 is 5.46 Å². The molecule has 92 valence electrons. The van der Waals surface area contributed by atoms with E-state index in [9.17, 15) is 17.7 Å². The molecule has 0 unspecified atom stereocenters. The van der Waals surface area contributed by atoms with Gasteiger partial charge in [-0.15, -0.1) is 5.46 Å². The van der Waals surface area contributed by atoms with Gasteiger partial charge in [0.15, 0.2) is 0 Å². The van der Waals surface area contributed by atoms with Crippen LogP contribution in [0.25, 0.3) is 5.57 Å². The summed E-state index contributed by atoms with van der Waals surface area (Å²) in [4.78, 5) is 10.9. The van der Waals surface area contributed by atoms with Crippen molar-refractivity contribution in [3.05, 3.63) is 35.9 Å². The summed E-state index contributed by atoms with van der Waals surface area (Å²) in [5.74, 6) is -0.536. The Hall–Kier alpha value is -1.72. The van der Waals surface area contributed by atoms with Gasteiger partial charge < -0.3 is 17.7 Å². The number of rotatable bonds is 3. The smallest absolute Gasteiger partial charge is 0.466 e. The number of ether oxygens (including phenoxy) is 1. The van der Waals surface area contributed by atoms with E-state index in [0.29, 0.717) is 11.1 Å². The SMILES string of the molecule is COC(=O)/C=C(\C)c1ccc([B-](F)(F)F)cc1. The Morgan fingerprint density at radius 2 is 1.76 bits per heavy atom. The molecule has 0 bridgehead atoms. The fourth-order valence-electron chi connectivity index (χ4n) is 1.28. The first kappa shape index (κ1) is 13.4. The van der Waals surface area contributed by atoms with Gasteiger partial charge in [0, 0.05) is 6.08 Å². The van der Waals surface area contributed by atoms with E-state index < -0.39 is 18.4 Å². The highest BCUT2D eigenvalue weighted by Crippen LogP contribution is 2.15. The number of halogens is 3. The van der Waals surface area contributed by atoms with E-state index >= 15 is 0 Å². The minimum absolute atomic E-state index is 0.536. The molecule has 0 amide bonds. The summed E-state index contributed by atoms with van der Waals surface area (Å²) in [5, 5.41) is 0. The van der Waals surface area contributed by atoms with Crippen LogP contribution in [0, 0.1) is 0 Å². The zero-order valence-corrected chi connectivity index (χ0v) is 9.41. The molecular weight excluding hydrogens is 232 g/mol. The molecule has 0 aliphatic rings. The van der Waals surface area contributed by atoms with Crippen LogP contribution in [0.1, 0.15) is 12.5 Å². The number of esters is 1. The highest BCUT2D eigenvalue weighted by molar-refractivity contribution is 6.73. The minimum atomic E-state index is -4.98. The molecule has 17 heavy (non-hydrogen) atoms. The Bertz CT molecular complexity index is 435. The molecule has 2 nitrogen and oxygen atoms in total. The first-order valence-electron chi connectivity index (χ1n) is 4.91. The monoisotopic (exact) mass is 243 g/mol. The average Bonchev–Trinajstić information content (AvgIpc) is 2.27. The van der Waals surface area contributed by atoms with E-state index in [-0.39, 0.29) is 0 Å². The van der Waals surface area contributed by atoms with Crippen LogP contribution in [0.5, 0.6) is 0 Å². The summed E-state index contributed by atoms with van der Waals surface area (Å²) in [5.41, 5.74) is 0.455. The first-order chi connectivity index (χ1) is 7.84. The standard InChI is InChI=1S/C11H11BF3O2/c1-8(7-11(16)17-2)9-3-5-10(6-4-9)12(13,14)15/h3-7H,1-2H3/q-1/b8-7+. The van der Waals surface area contributed by atoms with Crippen molar-refractivity contribution in [3.63, 3.8) is 0 Å². The van der Waals surface area contributed by atoms with Crippen molar-refractivity contribution in [1.82, 2.24) is 0 Å². The van der Waals surface area contributed by atoms with Gasteiger partial charge in [-0.3, -0.25) is 0 Å². The molecule has 0 aliphatic heterocycles. The van der Waals surface area contributed by atoms with Crippen molar-refractivity contribution in [2.75, 3.05) is 7.11 Å². The van der Waals surface area contributed by atoms with Crippen molar-refractivity contribution in [1.29, 1.82) is 0 Å². The molecule has 1 aromatic carbocycles. The molecule has 0 heterocycles. The van der Waals surface area contributed by atoms with Crippen LogP contribution in [0.2, 0.25) is 0 Å². The van der Waals surface area contributed by atoms with Gasteiger partial charge in [-0.05, 0) is 18.1 Å². The lowest BCUT2D eigenvalue weighted by atomic mass is 9.79. The Morgan fingerprint density at radius 1 is 1.24 bits per heavy atom. The molecule has 0 aliphatic carbocycles. The fraction of sp³-hybridized carbons (Fsp3) is 0.182. The molecule has 1 aromatic rings. The molecule has 1 rings (SSSR count). The van der Waals surface area contributed by atoms with Crippen molar-refractivity contribution >= 4 is 24.0 Å². The maximum Gasteiger partial charge on any atom is 0.509 e. The third-order valence-corrected chi connectivity index (χ3v) is 2.28. The Labute approximate surface area is 97.1 Å². The lowest BCUT2D eigenvalue weighted by Gasteiger charge is -2.14. The second-order valence-corrected chi connectivity index (χ2v) is 3.55. The third kappa shape index (κ3) is 3.66. The molecule has 0 saturated heterocycles. The first-order valence-corrected chi connectivity index (χ1v) is 4.91. The van der Waals surface area contributed by atoms with Gasteiger partial charge >= 0.3 is 12.9 Å². The van der Waals surface area contributed by atoms with Gasteiger partial charge in [0.05, 0.1) is 7.11 Å². The molecule has 0 saturated carbocycles. The van der Waals surface area contributed by atoms with E-state index in [0.717, 1.165) is 12.1 Å². The molecule has 0 fully saturated rings. The molecule has 0 aromatic heterocycles. The number of carbonyl (C=O) groups is 1. The van der Waals surface area contributed by atoms with Crippen LogP contribution in [0.3, 0.4) is 0 Å². The van der Waals surface area contributed by atoms with Gasteiger partial charge in [-0.2, -0.15) is 0 Å². The van der Waals surface area contributed by atoms with Crippen molar-refractivity contribution in [2.45, 2.75) is 6.92 Å². The lowest BCUT2D eigenvalue weighted by Crippen LogP contribution is -2.33. The Kier molecular flexibility index (Phi) is 3.99. The highest BCUT2D eigenvalue weighted by Gasteiger charge is 2.24. The summed E-state index contributed by atoms with van der Waals surface area (Å²) in [6, 6.07) is 4.67. The van der Waals surface area contributed by atoms with Crippen LogP contribution in [0.15, 0.2) is 30.3 Å². The van der Waals surface area contributed by atoms with E-state index in [1.807, 2.05) is 0 Å². The van der Waals surface area contributed by atoms with Crippen molar-refractivity contribution in [3.8, 4) is 0 Å². The van der Waals surface area contributed by atoms with E-state index in [1.165, 1.54) is 25.3 Å². The van der Waals surface area contributed by atoms with Crippen molar-refractivity contribution < 1.29 is 22.5 Å². The topological polar surface area (TPSA) is 26.3 Å². The molecule has 0 atom stereocenters. The van der Waals surface area contributed by atoms with Crippen LogP contribution in [-0.2, 0) is 9.53 Å². The Balaban J connectivity index is 2.96. The van der Waals surface area contributed by atoms with Crippen LogP contribution in [0.4, 0.5) is 12.9 Å². The van der Waals surface area contributed by atoms with Crippen LogP contribution in [-0.4, -0.2) is 20.1 Å². The number of hydrogen-bond acceptors (Lipinski definition) is 2. The number of benzene rings is 1. The van der Waals surface area contributed by atoms with E-state index in [2.05, 4.69) is 4.74 Å². The summed E-state index contributed by atoms with van der Waals surface area (Å²) >= 11 is 0.